The maximum atomic E-state index is 12.6. The number of carbonyl (C=O) groups excluding carboxylic acids is 1. The van der Waals surface area contributed by atoms with Crippen molar-refractivity contribution in [1.29, 1.82) is 0 Å². The van der Waals surface area contributed by atoms with E-state index in [1.54, 1.807) is 14.2 Å². The zero-order valence-corrected chi connectivity index (χ0v) is 14.9. The number of rotatable bonds is 8. The van der Waals surface area contributed by atoms with Crippen LogP contribution >= 0.6 is 12.4 Å². The van der Waals surface area contributed by atoms with E-state index in [2.05, 4.69) is 0 Å². The normalized spacial score (nSPS) is 14.6. The maximum Gasteiger partial charge on any atom is 0.240 e. The number of methoxy groups -OCH3 is 2. The molecule has 1 aromatic rings. The van der Waals surface area contributed by atoms with Crippen LogP contribution in [0.4, 0.5) is 0 Å². The van der Waals surface area contributed by atoms with E-state index in [0.29, 0.717) is 12.6 Å². The van der Waals surface area contributed by atoms with Gasteiger partial charge in [-0.15, -0.1) is 12.4 Å². The Labute approximate surface area is 144 Å². The second-order valence-corrected chi connectivity index (χ2v) is 5.77. The lowest BCUT2D eigenvalue weighted by molar-refractivity contribution is -0.134. The number of ether oxygens (including phenoxy) is 2. The Bertz CT molecular complexity index is 521. The van der Waals surface area contributed by atoms with Crippen LogP contribution in [0.15, 0.2) is 18.2 Å². The van der Waals surface area contributed by atoms with Gasteiger partial charge in [0, 0.05) is 18.2 Å². The molecule has 1 aliphatic rings. The van der Waals surface area contributed by atoms with Crippen LogP contribution in [-0.2, 0) is 11.3 Å². The molecule has 1 atom stereocenters. The number of nitrogens with two attached hydrogens (primary N) is 1. The minimum absolute atomic E-state index is 0. The van der Waals surface area contributed by atoms with Gasteiger partial charge in [0.05, 0.1) is 20.3 Å². The Balaban J connectivity index is 0.00000264. The molecule has 6 heteroatoms. The van der Waals surface area contributed by atoms with Crippen molar-refractivity contribution in [2.24, 2.45) is 5.73 Å². The van der Waals surface area contributed by atoms with E-state index in [0.717, 1.165) is 42.7 Å². The molecule has 0 saturated heterocycles. The van der Waals surface area contributed by atoms with E-state index in [9.17, 15) is 4.79 Å². The lowest BCUT2D eigenvalue weighted by Crippen LogP contribution is -2.44. The summed E-state index contributed by atoms with van der Waals surface area (Å²) in [4.78, 5) is 14.5. The van der Waals surface area contributed by atoms with E-state index < -0.39 is 6.04 Å². The fourth-order valence-corrected chi connectivity index (χ4v) is 2.61. The predicted molar refractivity (Wildman–Crippen MR) is 93.2 cm³/mol. The van der Waals surface area contributed by atoms with Crippen molar-refractivity contribution in [2.45, 2.75) is 51.2 Å². The number of hydrogen-bond donors (Lipinski definition) is 1. The van der Waals surface area contributed by atoms with Gasteiger partial charge in [0.15, 0.2) is 0 Å². The van der Waals surface area contributed by atoms with E-state index in [4.69, 9.17) is 15.2 Å². The summed E-state index contributed by atoms with van der Waals surface area (Å²) in [5, 5.41) is 0. The first-order valence-corrected chi connectivity index (χ1v) is 7.87. The molecular formula is C17H27ClN2O3. The second-order valence-electron chi connectivity index (χ2n) is 5.77. The summed E-state index contributed by atoms with van der Waals surface area (Å²) in [6.45, 7) is 2.56. The van der Waals surface area contributed by atoms with Crippen molar-refractivity contribution in [1.82, 2.24) is 4.90 Å². The van der Waals surface area contributed by atoms with Crippen LogP contribution in [0.2, 0.25) is 0 Å². The third kappa shape index (κ3) is 5.01. The fraction of sp³-hybridized carbons (Fsp3) is 0.588. The van der Waals surface area contributed by atoms with Crippen molar-refractivity contribution in [2.75, 3.05) is 14.2 Å². The first kappa shape index (κ1) is 19.6. The summed E-state index contributed by atoms with van der Waals surface area (Å²) in [7, 11) is 3.27. The number of nitrogens with zero attached hydrogens (tertiary/aromatic N) is 1. The van der Waals surface area contributed by atoms with Crippen LogP contribution in [-0.4, -0.2) is 37.1 Å². The molecule has 1 aliphatic carbocycles. The van der Waals surface area contributed by atoms with Crippen molar-refractivity contribution in [3.63, 3.8) is 0 Å². The molecule has 2 rings (SSSR count). The number of carbonyl (C=O) groups is 1. The molecule has 1 fully saturated rings. The van der Waals surface area contributed by atoms with Gasteiger partial charge in [0.2, 0.25) is 5.91 Å². The summed E-state index contributed by atoms with van der Waals surface area (Å²) in [6, 6.07) is 5.55. The highest BCUT2D eigenvalue weighted by molar-refractivity contribution is 5.85. The SMILES string of the molecule is CCCC(N)C(=O)N(Cc1cc(OC)ccc1OC)C1CC1.Cl. The van der Waals surface area contributed by atoms with Crippen molar-refractivity contribution < 1.29 is 14.3 Å². The quantitative estimate of drug-likeness (QED) is 0.789. The van der Waals surface area contributed by atoms with Gasteiger partial charge in [-0.25, -0.2) is 0 Å². The van der Waals surface area contributed by atoms with Gasteiger partial charge in [-0.05, 0) is 37.5 Å². The van der Waals surface area contributed by atoms with Gasteiger partial charge in [-0.3, -0.25) is 4.79 Å². The van der Waals surface area contributed by atoms with Crippen LogP contribution in [0.25, 0.3) is 0 Å². The highest BCUT2D eigenvalue weighted by atomic mass is 35.5. The minimum atomic E-state index is -0.415. The lowest BCUT2D eigenvalue weighted by Gasteiger charge is -2.26. The number of benzene rings is 1. The summed E-state index contributed by atoms with van der Waals surface area (Å²) in [5.41, 5.74) is 6.98. The Kier molecular flexibility index (Phi) is 7.65. The van der Waals surface area contributed by atoms with Crippen molar-refractivity contribution in [3.05, 3.63) is 23.8 Å². The Morgan fingerprint density at radius 2 is 2.04 bits per heavy atom. The molecule has 5 nitrogen and oxygen atoms in total. The number of amides is 1. The van der Waals surface area contributed by atoms with E-state index in [1.807, 2.05) is 30.0 Å². The second kappa shape index (κ2) is 8.99. The molecular weight excluding hydrogens is 316 g/mol. The molecule has 1 amide bonds. The zero-order valence-electron chi connectivity index (χ0n) is 14.1. The highest BCUT2D eigenvalue weighted by Crippen LogP contribution is 2.32. The molecule has 0 aromatic heterocycles. The molecule has 2 N–H and O–H groups in total. The number of hydrogen-bond acceptors (Lipinski definition) is 4. The monoisotopic (exact) mass is 342 g/mol. The molecule has 0 aliphatic heterocycles. The topological polar surface area (TPSA) is 64.8 Å². The van der Waals surface area contributed by atoms with Crippen LogP contribution in [0.5, 0.6) is 11.5 Å². The third-order valence-corrected chi connectivity index (χ3v) is 4.02. The standard InChI is InChI=1S/C17H26N2O3.ClH/c1-4-5-15(18)17(20)19(13-6-7-13)11-12-10-14(21-2)8-9-16(12)22-3;/h8-10,13,15H,4-7,11,18H2,1-3H3;1H. The van der Waals surface area contributed by atoms with E-state index in [1.165, 1.54) is 0 Å². The first-order valence-electron chi connectivity index (χ1n) is 7.87. The molecule has 0 spiro atoms. The third-order valence-electron chi connectivity index (χ3n) is 4.02. The molecule has 1 unspecified atom stereocenters. The molecule has 1 aromatic carbocycles. The van der Waals surface area contributed by atoms with Crippen LogP contribution < -0.4 is 15.2 Å². The molecule has 0 bridgehead atoms. The average Bonchev–Trinajstić information content (AvgIpc) is 3.36. The zero-order chi connectivity index (χ0) is 16.1. The van der Waals surface area contributed by atoms with Crippen molar-refractivity contribution in [3.8, 4) is 11.5 Å². The fourth-order valence-electron chi connectivity index (χ4n) is 2.61. The van der Waals surface area contributed by atoms with Gasteiger partial charge in [-0.2, -0.15) is 0 Å². The van der Waals surface area contributed by atoms with Crippen LogP contribution in [0.1, 0.15) is 38.2 Å². The summed E-state index contributed by atoms with van der Waals surface area (Å²) in [5.74, 6) is 1.56. The maximum absolute atomic E-state index is 12.6. The summed E-state index contributed by atoms with van der Waals surface area (Å²) >= 11 is 0. The molecule has 23 heavy (non-hydrogen) atoms. The smallest absolute Gasteiger partial charge is 0.240 e. The van der Waals surface area contributed by atoms with Gasteiger partial charge >= 0.3 is 0 Å². The molecule has 130 valence electrons. The number of halogens is 1. The minimum Gasteiger partial charge on any atom is -0.497 e. The van der Waals surface area contributed by atoms with Crippen LogP contribution in [0, 0.1) is 0 Å². The van der Waals surface area contributed by atoms with E-state index in [-0.39, 0.29) is 18.3 Å². The van der Waals surface area contributed by atoms with Crippen LogP contribution in [0.3, 0.4) is 0 Å². The molecule has 0 heterocycles. The van der Waals surface area contributed by atoms with Gasteiger partial charge in [-0.1, -0.05) is 13.3 Å². The van der Waals surface area contributed by atoms with Crippen molar-refractivity contribution >= 4 is 18.3 Å². The Hall–Kier alpha value is -1.46. The largest absolute Gasteiger partial charge is 0.497 e. The predicted octanol–water partition coefficient (Wildman–Crippen LogP) is 2.74. The Morgan fingerprint density at radius 3 is 2.57 bits per heavy atom. The highest BCUT2D eigenvalue weighted by Gasteiger charge is 2.35. The van der Waals surface area contributed by atoms with Gasteiger partial charge < -0.3 is 20.1 Å². The lowest BCUT2D eigenvalue weighted by atomic mass is 10.1. The molecule has 1 saturated carbocycles. The molecule has 0 radical (unpaired) electrons. The summed E-state index contributed by atoms with van der Waals surface area (Å²) in [6.07, 6.45) is 3.74. The average molecular weight is 343 g/mol. The summed E-state index contributed by atoms with van der Waals surface area (Å²) < 4.78 is 10.7. The van der Waals surface area contributed by atoms with E-state index >= 15 is 0 Å². The van der Waals surface area contributed by atoms with Gasteiger partial charge in [0.25, 0.3) is 0 Å². The Morgan fingerprint density at radius 1 is 1.35 bits per heavy atom. The van der Waals surface area contributed by atoms with Gasteiger partial charge in [0.1, 0.15) is 11.5 Å². The first-order chi connectivity index (χ1) is 10.6.